The lowest BCUT2D eigenvalue weighted by atomic mass is 9.81. The molecular weight excluding hydrogens is 198 g/mol. The fourth-order valence-electron chi connectivity index (χ4n) is 2.59. The van der Waals surface area contributed by atoms with E-state index in [9.17, 15) is 4.79 Å². The molecule has 0 radical (unpaired) electrons. The van der Waals surface area contributed by atoms with Gasteiger partial charge in [0.2, 0.25) is 0 Å². The lowest BCUT2D eigenvalue weighted by Crippen LogP contribution is -2.32. The van der Waals surface area contributed by atoms with Gasteiger partial charge in [-0.25, -0.2) is 0 Å². The summed E-state index contributed by atoms with van der Waals surface area (Å²) in [5, 5.41) is 3.43. The fraction of sp³-hybridized carbons (Fsp3) is 0.500. The molecule has 2 heteroatoms. The van der Waals surface area contributed by atoms with Crippen molar-refractivity contribution in [2.75, 3.05) is 13.1 Å². The Kier molecular flexibility index (Phi) is 3.73. The minimum absolute atomic E-state index is 0.467. The van der Waals surface area contributed by atoms with Crippen molar-refractivity contribution in [3.8, 4) is 0 Å². The zero-order chi connectivity index (χ0) is 11.4. The highest BCUT2D eigenvalue weighted by Crippen LogP contribution is 2.30. The molecule has 0 saturated carbocycles. The Morgan fingerprint density at radius 2 is 2.25 bits per heavy atom. The van der Waals surface area contributed by atoms with Crippen LogP contribution in [0, 0.1) is 5.92 Å². The van der Waals surface area contributed by atoms with E-state index < -0.39 is 0 Å². The highest BCUT2D eigenvalue weighted by Gasteiger charge is 2.22. The molecule has 86 valence electrons. The van der Waals surface area contributed by atoms with E-state index in [0.717, 1.165) is 24.9 Å². The van der Waals surface area contributed by atoms with Gasteiger partial charge in [0.05, 0.1) is 0 Å². The molecule has 2 rings (SSSR count). The van der Waals surface area contributed by atoms with Gasteiger partial charge in [0.1, 0.15) is 6.29 Å². The number of aldehydes is 1. The molecule has 2 unspecified atom stereocenters. The van der Waals surface area contributed by atoms with Crippen molar-refractivity contribution in [2.24, 2.45) is 5.92 Å². The first kappa shape index (κ1) is 11.3. The Bertz CT molecular complexity index is 356. The Morgan fingerprint density at radius 1 is 1.44 bits per heavy atom. The van der Waals surface area contributed by atoms with Gasteiger partial charge in [0, 0.05) is 5.56 Å². The fourth-order valence-corrected chi connectivity index (χ4v) is 2.59. The minimum Gasteiger partial charge on any atom is -0.316 e. The predicted octanol–water partition coefficient (Wildman–Crippen LogP) is 2.60. The van der Waals surface area contributed by atoms with E-state index in [2.05, 4.69) is 18.3 Å². The van der Waals surface area contributed by atoms with Crippen molar-refractivity contribution in [3.05, 3.63) is 35.4 Å². The smallest absolute Gasteiger partial charge is 0.150 e. The van der Waals surface area contributed by atoms with Gasteiger partial charge in [0.15, 0.2) is 0 Å². The van der Waals surface area contributed by atoms with Crippen LogP contribution in [0.1, 0.15) is 41.6 Å². The van der Waals surface area contributed by atoms with Crippen LogP contribution in [0.5, 0.6) is 0 Å². The number of carbonyl (C=O) groups excluding carboxylic acids is 1. The van der Waals surface area contributed by atoms with E-state index in [1.807, 2.05) is 18.2 Å². The summed E-state index contributed by atoms with van der Waals surface area (Å²) >= 11 is 0. The minimum atomic E-state index is 0.467. The molecule has 16 heavy (non-hydrogen) atoms. The van der Waals surface area contributed by atoms with E-state index in [-0.39, 0.29) is 0 Å². The van der Waals surface area contributed by atoms with Gasteiger partial charge >= 0.3 is 0 Å². The van der Waals surface area contributed by atoms with Crippen molar-refractivity contribution in [1.82, 2.24) is 5.32 Å². The van der Waals surface area contributed by atoms with Crippen LogP contribution in [0.15, 0.2) is 24.3 Å². The summed E-state index contributed by atoms with van der Waals surface area (Å²) < 4.78 is 0. The third-order valence-electron chi connectivity index (χ3n) is 3.66. The van der Waals surface area contributed by atoms with E-state index in [4.69, 9.17) is 0 Å². The molecule has 1 saturated heterocycles. The molecule has 1 aromatic rings. The second-order valence-electron chi connectivity index (χ2n) is 4.64. The summed E-state index contributed by atoms with van der Waals surface area (Å²) in [6.07, 6.45) is 3.49. The van der Waals surface area contributed by atoms with Crippen molar-refractivity contribution in [2.45, 2.75) is 25.7 Å². The molecule has 1 aliphatic rings. The number of hydrogen-bond acceptors (Lipinski definition) is 2. The highest BCUT2D eigenvalue weighted by molar-refractivity contribution is 5.77. The first-order valence-electron chi connectivity index (χ1n) is 6.07. The van der Waals surface area contributed by atoms with Gasteiger partial charge < -0.3 is 5.32 Å². The standard InChI is InChI=1S/C14H19NO/c1-11(12-6-4-8-15-9-12)14-7-3-2-5-13(14)10-16/h2-3,5,7,10-12,15H,4,6,8-9H2,1H3. The number of benzene rings is 1. The number of rotatable bonds is 3. The molecule has 0 aliphatic carbocycles. The number of nitrogens with one attached hydrogen (secondary N) is 1. The van der Waals surface area contributed by atoms with Crippen LogP contribution in [0.4, 0.5) is 0 Å². The summed E-state index contributed by atoms with van der Waals surface area (Å²) in [7, 11) is 0. The van der Waals surface area contributed by atoms with Gasteiger partial charge in [-0.3, -0.25) is 4.79 Å². The second-order valence-corrected chi connectivity index (χ2v) is 4.64. The largest absolute Gasteiger partial charge is 0.316 e. The molecule has 1 aliphatic heterocycles. The zero-order valence-electron chi connectivity index (χ0n) is 9.78. The number of hydrogen-bond donors (Lipinski definition) is 1. The molecule has 0 spiro atoms. The first-order valence-corrected chi connectivity index (χ1v) is 6.07. The predicted molar refractivity (Wildman–Crippen MR) is 65.8 cm³/mol. The quantitative estimate of drug-likeness (QED) is 0.788. The Balaban J connectivity index is 2.18. The van der Waals surface area contributed by atoms with Gasteiger partial charge in [-0.05, 0) is 43.3 Å². The molecular formula is C14H19NO. The van der Waals surface area contributed by atoms with Gasteiger partial charge in [-0.15, -0.1) is 0 Å². The number of carbonyl (C=O) groups is 1. The molecule has 0 bridgehead atoms. The van der Waals surface area contributed by atoms with Crippen molar-refractivity contribution >= 4 is 6.29 Å². The van der Waals surface area contributed by atoms with Crippen LogP contribution < -0.4 is 5.32 Å². The topological polar surface area (TPSA) is 29.1 Å². The molecule has 2 atom stereocenters. The van der Waals surface area contributed by atoms with Crippen LogP contribution >= 0.6 is 0 Å². The lowest BCUT2D eigenvalue weighted by Gasteiger charge is -2.29. The Labute approximate surface area is 97.1 Å². The van der Waals surface area contributed by atoms with E-state index in [0.29, 0.717) is 11.8 Å². The van der Waals surface area contributed by atoms with Crippen LogP contribution in [0.2, 0.25) is 0 Å². The van der Waals surface area contributed by atoms with Gasteiger partial charge in [-0.1, -0.05) is 31.2 Å². The first-order chi connectivity index (χ1) is 7.83. The van der Waals surface area contributed by atoms with Gasteiger partial charge in [-0.2, -0.15) is 0 Å². The second kappa shape index (κ2) is 5.26. The Hall–Kier alpha value is -1.15. The average Bonchev–Trinajstić information content (AvgIpc) is 2.39. The Morgan fingerprint density at radius 3 is 2.94 bits per heavy atom. The third-order valence-corrected chi connectivity index (χ3v) is 3.66. The van der Waals surface area contributed by atoms with E-state index in [1.54, 1.807) is 0 Å². The zero-order valence-corrected chi connectivity index (χ0v) is 9.78. The van der Waals surface area contributed by atoms with E-state index in [1.165, 1.54) is 18.4 Å². The van der Waals surface area contributed by atoms with Gasteiger partial charge in [0.25, 0.3) is 0 Å². The molecule has 1 aromatic carbocycles. The van der Waals surface area contributed by atoms with Crippen molar-refractivity contribution < 1.29 is 4.79 Å². The maximum atomic E-state index is 11.0. The summed E-state index contributed by atoms with van der Waals surface area (Å²) in [5.74, 6) is 1.13. The SMILES string of the molecule is CC(c1ccccc1C=O)C1CCCNC1. The summed E-state index contributed by atoms with van der Waals surface area (Å²) in [4.78, 5) is 11.0. The van der Waals surface area contributed by atoms with Crippen LogP contribution in [0.25, 0.3) is 0 Å². The molecule has 2 nitrogen and oxygen atoms in total. The summed E-state index contributed by atoms with van der Waals surface area (Å²) in [5.41, 5.74) is 2.05. The monoisotopic (exact) mass is 217 g/mol. The van der Waals surface area contributed by atoms with Crippen molar-refractivity contribution in [1.29, 1.82) is 0 Å². The maximum Gasteiger partial charge on any atom is 0.150 e. The summed E-state index contributed by atoms with van der Waals surface area (Å²) in [6.45, 7) is 4.45. The van der Waals surface area contributed by atoms with E-state index >= 15 is 0 Å². The number of piperidine rings is 1. The average molecular weight is 217 g/mol. The highest BCUT2D eigenvalue weighted by atomic mass is 16.1. The molecule has 0 aromatic heterocycles. The maximum absolute atomic E-state index is 11.0. The summed E-state index contributed by atoms with van der Waals surface area (Å²) in [6, 6.07) is 7.95. The van der Waals surface area contributed by atoms with Crippen LogP contribution in [-0.2, 0) is 0 Å². The molecule has 0 amide bonds. The third kappa shape index (κ3) is 2.33. The molecule has 1 N–H and O–H groups in total. The molecule has 1 heterocycles. The molecule has 1 fully saturated rings. The lowest BCUT2D eigenvalue weighted by molar-refractivity contribution is 0.112. The van der Waals surface area contributed by atoms with Crippen molar-refractivity contribution in [3.63, 3.8) is 0 Å². The normalized spacial score (nSPS) is 22.7. The van der Waals surface area contributed by atoms with Crippen LogP contribution in [0.3, 0.4) is 0 Å². The van der Waals surface area contributed by atoms with Crippen LogP contribution in [-0.4, -0.2) is 19.4 Å².